The maximum atomic E-state index is 12.5. The van der Waals surface area contributed by atoms with E-state index in [-0.39, 0.29) is 29.2 Å². The molecule has 0 saturated heterocycles. The minimum Gasteiger partial charge on any atom is -0.314 e. The Bertz CT molecular complexity index is 1120. The number of nitrogens with one attached hydrogen (secondary N) is 1. The molecule has 0 saturated carbocycles. The van der Waals surface area contributed by atoms with Gasteiger partial charge in [0.1, 0.15) is 0 Å². The normalized spacial score (nSPS) is 10.8. The Morgan fingerprint density at radius 3 is 2.59 bits per heavy atom. The molecule has 0 fully saturated rings. The number of hydrogen-bond acceptors (Lipinski definition) is 4. The van der Waals surface area contributed by atoms with E-state index in [1.54, 1.807) is 36.0 Å². The number of hydrogen-bond donors (Lipinski definition) is 1. The summed E-state index contributed by atoms with van der Waals surface area (Å²) in [5, 5.41) is 19.9. The summed E-state index contributed by atoms with van der Waals surface area (Å²) in [6.45, 7) is -0.116. The number of Topliss-reactive ketones (excluding diaryl/α,β-unsaturated/α-hetero) is 1. The SMILES string of the molecule is Cn1c(-c2ccc(Cl)c(Cl)c2)cn(CC(=O)c2cccc([N+](=O)[O-])c2)c1=N. The number of non-ortho nitro benzene ring substituents is 1. The second-order valence-corrected chi connectivity index (χ2v) is 6.70. The van der Waals surface area contributed by atoms with Gasteiger partial charge in [-0.2, -0.15) is 0 Å². The van der Waals surface area contributed by atoms with Crippen molar-refractivity contribution < 1.29 is 9.72 Å². The maximum absolute atomic E-state index is 12.5. The summed E-state index contributed by atoms with van der Waals surface area (Å²) in [6.07, 6.45) is 1.66. The van der Waals surface area contributed by atoms with Crippen molar-refractivity contribution >= 4 is 34.7 Å². The zero-order valence-corrected chi connectivity index (χ0v) is 15.7. The average Bonchev–Trinajstić information content (AvgIpc) is 2.92. The van der Waals surface area contributed by atoms with Gasteiger partial charge in [0.15, 0.2) is 5.78 Å². The van der Waals surface area contributed by atoms with Crippen LogP contribution in [0, 0.1) is 15.5 Å². The van der Waals surface area contributed by atoms with E-state index in [1.807, 2.05) is 0 Å². The Hall–Kier alpha value is -2.90. The minimum atomic E-state index is -0.551. The molecule has 7 nitrogen and oxygen atoms in total. The van der Waals surface area contributed by atoms with Gasteiger partial charge in [-0.3, -0.25) is 20.3 Å². The zero-order valence-electron chi connectivity index (χ0n) is 14.1. The van der Waals surface area contributed by atoms with Crippen LogP contribution in [0.5, 0.6) is 0 Å². The second-order valence-electron chi connectivity index (χ2n) is 5.88. The number of ketones is 1. The lowest BCUT2D eigenvalue weighted by Gasteiger charge is -2.03. The fourth-order valence-corrected chi connectivity index (χ4v) is 2.98. The van der Waals surface area contributed by atoms with Gasteiger partial charge in [-0.1, -0.05) is 41.4 Å². The van der Waals surface area contributed by atoms with Gasteiger partial charge in [0.2, 0.25) is 5.62 Å². The first-order valence-corrected chi connectivity index (χ1v) is 8.57. The zero-order chi connectivity index (χ0) is 19.7. The Balaban J connectivity index is 1.93. The predicted octanol–water partition coefficient (Wildman–Crippen LogP) is 4.07. The van der Waals surface area contributed by atoms with Gasteiger partial charge in [-0.05, 0) is 12.1 Å². The lowest BCUT2D eigenvalue weighted by atomic mass is 10.1. The van der Waals surface area contributed by atoms with Crippen LogP contribution in [0.4, 0.5) is 5.69 Å². The summed E-state index contributed by atoms with van der Waals surface area (Å²) in [5.41, 5.74) is 1.61. The molecule has 0 bridgehead atoms. The highest BCUT2D eigenvalue weighted by Crippen LogP contribution is 2.28. The average molecular weight is 405 g/mol. The van der Waals surface area contributed by atoms with E-state index < -0.39 is 4.92 Å². The molecule has 1 aromatic heterocycles. The summed E-state index contributed by atoms with van der Waals surface area (Å²) in [6, 6.07) is 10.7. The monoisotopic (exact) mass is 404 g/mol. The number of nitrogens with zero attached hydrogens (tertiary/aromatic N) is 3. The molecule has 138 valence electrons. The van der Waals surface area contributed by atoms with Crippen molar-refractivity contribution in [1.29, 1.82) is 5.41 Å². The fraction of sp³-hybridized carbons (Fsp3) is 0.111. The van der Waals surface area contributed by atoms with E-state index in [0.29, 0.717) is 15.7 Å². The van der Waals surface area contributed by atoms with E-state index in [0.717, 1.165) is 5.56 Å². The van der Waals surface area contributed by atoms with Crippen LogP contribution in [-0.4, -0.2) is 19.8 Å². The first-order valence-electron chi connectivity index (χ1n) is 7.81. The Morgan fingerprint density at radius 1 is 1.19 bits per heavy atom. The topological polar surface area (TPSA) is 93.9 Å². The summed E-state index contributed by atoms with van der Waals surface area (Å²) in [7, 11) is 1.70. The fourth-order valence-electron chi connectivity index (χ4n) is 2.69. The number of imidazole rings is 1. The molecule has 0 aliphatic rings. The lowest BCUT2D eigenvalue weighted by molar-refractivity contribution is -0.384. The number of aromatic nitrogens is 2. The van der Waals surface area contributed by atoms with Gasteiger partial charge in [0.25, 0.3) is 5.69 Å². The van der Waals surface area contributed by atoms with Crippen molar-refractivity contribution in [2.45, 2.75) is 6.54 Å². The predicted molar refractivity (Wildman–Crippen MR) is 102 cm³/mol. The Morgan fingerprint density at radius 2 is 1.93 bits per heavy atom. The number of carbonyl (C=O) groups is 1. The summed E-state index contributed by atoms with van der Waals surface area (Å²) in [4.78, 5) is 22.9. The van der Waals surface area contributed by atoms with E-state index >= 15 is 0 Å². The van der Waals surface area contributed by atoms with Gasteiger partial charge in [-0.25, -0.2) is 0 Å². The molecule has 0 amide bonds. The van der Waals surface area contributed by atoms with Crippen LogP contribution in [0.15, 0.2) is 48.7 Å². The third kappa shape index (κ3) is 3.79. The number of halogens is 2. The molecule has 0 atom stereocenters. The molecule has 0 aliphatic heterocycles. The highest BCUT2D eigenvalue weighted by Gasteiger charge is 2.15. The van der Waals surface area contributed by atoms with E-state index in [2.05, 4.69) is 0 Å². The molecule has 1 N–H and O–H groups in total. The van der Waals surface area contributed by atoms with Crippen molar-refractivity contribution in [3.8, 4) is 11.3 Å². The first-order chi connectivity index (χ1) is 12.8. The largest absolute Gasteiger partial charge is 0.314 e. The van der Waals surface area contributed by atoms with Crippen molar-refractivity contribution in [3.05, 3.63) is 80.0 Å². The molecule has 2 aromatic carbocycles. The van der Waals surface area contributed by atoms with E-state index in [4.69, 9.17) is 28.6 Å². The van der Waals surface area contributed by atoms with Crippen LogP contribution < -0.4 is 5.62 Å². The Kier molecular flexibility index (Phi) is 5.16. The smallest absolute Gasteiger partial charge is 0.270 e. The molecule has 27 heavy (non-hydrogen) atoms. The molecule has 0 radical (unpaired) electrons. The molecular weight excluding hydrogens is 391 g/mol. The van der Waals surface area contributed by atoms with E-state index in [1.165, 1.54) is 28.8 Å². The number of rotatable bonds is 5. The van der Waals surface area contributed by atoms with Crippen molar-refractivity contribution in [3.63, 3.8) is 0 Å². The minimum absolute atomic E-state index is 0.106. The number of nitro benzene ring substituents is 1. The van der Waals surface area contributed by atoms with Crippen LogP contribution in [0.25, 0.3) is 11.3 Å². The van der Waals surface area contributed by atoms with Crippen molar-refractivity contribution in [2.24, 2.45) is 7.05 Å². The molecule has 0 aliphatic carbocycles. The van der Waals surface area contributed by atoms with Crippen LogP contribution in [-0.2, 0) is 13.6 Å². The molecular formula is C18H14Cl2N4O3. The van der Waals surface area contributed by atoms with Gasteiger partial charge in [0.05, 0.1) is 27.2 Å². The van der Waals surface area contributed by atoms with Gasteiger partial charge in [0, 0.05) is 36.5 Å². The van der Waals surface area contributed by atoms with Gasteiger partial charge >= 0.3 is 0 Å². The van der Waals surface area contributed by atoms with Gasteiger partial charge in [-0.15, -0.1) is 0 Å². The number of nitro groups is 1. The van der Waals surface area contributed by atoms with Gasteiger partial charge < -0.3 is 9.13 Å². The van der Waals surface area contributed by atoms with Crippen LogP contribution in [0.1, 0.15) is 10.4 Å². The summed E-state index contributed by atoms with van der Waals surface area (Å²) in [5.74, 6) is -0.330. The van der Waals surface area contributed by atoms with Crippen LogP contribution >= 0.6 is 23.2 Å². The second kappa shape index (κ2) is 7.38. The highest BCUT2D eigenvalue weighted by atomic mass is 35.5. The number of benzene rings is 2. The summed E-state index contributed by atoms with van der Waals surface area (Å²) >= 11 is 12.0. The maximum Gasteiger partial charge on any atom is 0.270 e. The molecule has 3 rings (SSSR count). The van der Waals surface area contributed by atoms with Crippen molar-refractivity contribution in [1.82, 2.24) is 9.13 Å². The van der Waals surface area contributed by atoms with Crippen molar-refractivity contribution in [2.75, 3.05) is 0 Å². The molecule has 9 heteroatoms. The molecule has 3 aromatic rings. The van der Waals surface area contributed by atoms with E-state index in [9.17, 15) is 14.9 Å². The third-order valence-electron chi connectivity index (χ3n) is 4.14. The highest BCUT2D eigenvalue weighted by molar-refractivity contribution is 6.42. The lowest BCUT2D eigenvalue weighted by Crippen LogP contribution is -2.25. The standard InChI is InChI=1S/C18H14Cl2N4O3/c1-22-16(11-5-6-14(19)15(20)8-11)9-23(18(22)21)10-17(25)12-3-2-4-13(7-12)24(26)27/h2-9,21H,10H2,1H3. The first kappa shape index (κ1) is 18.9. The molecule has 1 heterocycles. The van der Waals surface area contributed by atoms with Crippen LogP contribution in [0.2, 0.25) is 10.0 Å². The van der Waals surface area contributed by atoms with Crippen LogP contribution in [0.3, 0.4) is 0 Å². The molecule has 0 unspecified atom stereocenters. The molecule has 0 spiro atoms. The Labute approximate surface area is 164 Å². The summed E-state index contributed by atoms with van der Waals surface area (Å²) < 4.78 is 3.08. The third-order valence-corrected chi connectivity index (χ3v) is 4.88. The number of carbonyl (C=O) groups excluding carboxylic acids is 1. The quantitative estimate of drug-likeness (QED) is 0.394.